The van der Waals surface area contributed by atoms with E-state index in [1.165, 1.54) is 0 Å². The quantitative estimate of drug-likeness (QED) is 0.530. The van der Waals surface area contributed by atoms with Gasteiger partial charge in [0, 0.05) is 0 Å². The summed E-state index contributed by atoms with van der Waals surface area (Å²) in [6.07, 6.45) is -0.534. The molecule has 0 aromatic carbocycles. The van der Waals surface area contributed by atoms with Crippen molar-refractivity contribution in [2.75, 3.05) is 0 Å². The zero-order chi connectivity index (χ0) is 4.99. The van der Waals surface area contributed by atoms with Gasteiger partial charge in [0.2, 0.25) is 0 Å². The van der Waals surface area contributed by atoms with Crippen LogP contribution in [0.4, 0.5) is 0 Å². The van der Waals surface area contributed by atoms with Crippen molar-refractivity contribution in [1.82, 2.24) is 0 Å². The van der Waals surface area contributed by atoms with E-state index >= 15 is 0 Å². The SMILES string of the molecule is CC(OCl)OCl. The summed E-state index contributed by atoms with van der Waals surface area (Å²) in [5, 5.41) is 0. The molecule has 4 heteroatoms. The Balaban J connectivity index is 2.75. The highest BCUT2D eigenvalue weighted by Gasteiger charge is 1.93. The fraction of sp³-hybridized carbons (Fsp3) is 1.00. The third-order valence-electron chi connectivity index (χ3n) is 0.251. The summed E-state index contributed by atoms with van der Waals surface area (Å²) >= 11 is 9.49. The Morgan fingerprint density at radius 2 is 1.67 bits per heavy atom. The Morgan fingerprint density at radius 1 is 1.33 bits per heavy atom. The molecule has 0 atom stereocenters. The van der Waals surface area contributed by atoms with Gasteiger partial charge in [0.05, 0.1) is 23.7 Å². The largest absolute Gasteiger partial charge is 0.246 e. The minimum absolute atomic E-state index is 0.534. The van der Waals surface area contributed by atoms with Crippen molar-refractivity contribution in [1.29, 1.82) is 0 Å². The molecule has 0 fully saturated rings. The molecule has 0 aliphatic carbocycles. The molecule has 0 aliphatic rings. The van der Waals surface area contributed by atoms with Gasteiger partial charge in [0.25, 0.3) is 0 Å². The molecule has 0 saturated carbocycles. The van der Waals surface area contributed by atoms with Crippen LogP contribution in [0, 0.1) is 0 Å². The van der Waals surface area contributed by atoms with Gasteiger partial charge in [0.15, 0.2) is 6.29 Å². The summed E-state index contributed by atoms with van der Waals surface area (Å²) in [4.78, 5) is 0. The first kappa shape index (κ1) is 6.50. The molecular formula is C2H4Cl2O2. The van der Waals surface area contributed by atoms with Crippen molar-refractivity contribution < 1.29 is 8.58 Å². The maximum atomic E-state index is 4.74. The summed E-state index contributed by atoms with van der Waals surface area (Å²) in [6.45, 7) is 1.57. The summed E-state index contributed by atoms with van der Waals surface area (Å²) in [5.74, 6) is 0. The molecule has 0 unspecified atom stereocenters. The molecule has 0 saturated heterocycles. The molecule has 0 rings (SSSR count). The van der Waals surface area contributed by atoms with Gasteiger partial charge in [-0.3, -0.25) is 0 Å². The average Bonchev–Trinajstić information content (AvgIpc) is 1.65. The van der Waals surface area contributed by atoms with Gasteiger partial charge in [0.1, 0.15) is 0 Å². The zero-order valence-electron chi connectivity index (χ0n) is 3.15. The highest BCUT2D eigenvalue weighted by atomic mass is 35.5. The van der Waals surface area contributed by atoms with E-state index in [0.29, 0.717) is 0 Å². The van der Waals surface area contributed by atoms with Crippen LogP contribution in [0.3, 0.4) is 0 Å². The van der Waals surface area contributed by atoms with Crippen molar-refractivity contribution in [3.8, 4) is 0 Å². The van der Waals surface area contributed by atoms with Gasteiger partial charge in [-0.25, -0.2) is 8.58 Å². The van der Waals surface area contributed by atoms with E-state index in [2.05, 4.69) is 8.58 Å². The van der Waals surface area contributed by atoms with Crippen LogP contribution in [0.2, 0.25) is 0 Å². The van der Waals surface area contributed by atoms with Gasteiger partial charge < -0.3 is 0 Å². The molecule has 0 spiro atoms. The van der Waals surface area contributed by atoms with E-state index < -0.39 is 6.29 Å². The third-order valence-corrected chi connectivity index (χ3v) is 0.753. The molecule has 0 amide bonds. The predicted octanol–water partition coefficient (Wildman–Crippen LogP) is 1.67. The number of halogens is 2. The lowest BCUT2D eigenvalue weighted by molar-refractivity contribution is 0.0395. The minimum Gasteiger partial charge on any atom is -0.246 e. The fourth-order valence-corrected chi connectivity index (χ4v) is 0.124. The first-order valence-electron chi connectivity index (χ1n) is 1.36. The molecule has 0 bridgehead atoms. The molecule has 6 heavy (non-hydrogen) atoms. The van der Waals surface area contributed by atoms with E-state index in [1.54, 1.807) is 6.92 Å². The molecule has 0 aliphatic heterocycles. The molecule has 0 heterocycles. The molecule has 0 N–H and O–H groups in total. The Hall–Kier alpha value is 0.500. The van der Waals surface area contributed by atoms with E-state index in [0.717, 1.165) is 0 Å². The number of hydrogen-bond donors (Lipinski definition) is 0. The van der Waals surface area contributed by atoms with Gasteiger partial charge >= 0.3 is 0 Å². The third kappa shape index (κ3) is 2.72. The monoisotopic (exact) mass is 130 g/mol. The van der Waals surface area contributed by atoms with Crippen LogP contribution < -0.4 is 0 Å². The van der Waals surface area contributed by atoms with Crippen molar-refractivity contribution in [3.05, 3.63) is 0 Å². The summed E-state index contributed by atoms with van der Waals surface area (Å²) in [7, 11) is 0. The lowest BCUT2D eigenvalue weighted by atomic mass is 10.8. The lowest BCUT2D eigenvalue weighted by Gasteiger charge is -1.96. The maximum absolute atomic E-state index is 4.74. The van der Waals surface area contributed by atoms with Crippen LogP contribution in [-0.2, 0) is 8.58 Å². The van der Waals surface area contributed by atoms with Crippen molar-refractivity contribution in [3.63, 3.8) is 0 Å². The lowest BCUT2D eigenvalue weighted by Crippen LogP contribution is -1.98. The second-order valence-corrected chi connectivity index (χ2v) is 1.10. The first-order chi connectivity index (χ1) is 2.81. The second kappa shape index (κ2) is 3.68. The smallest absolute Gasteiger partial charge is 0.194 e. The van der Waals surface area contributed by atoms with Gasteiger partial charge in [-0.1, -0.05) is 0 Å². The summed E-state index contributed by atoms with van der Waals surface area (Å²) in [6, 6.07) is 0. The molecule has 0 radical (unpaired) electrons. The molecule has 0 aromatic rings. The Morgan fingerprint density at radius 3 is 1.67 bits per heavy atom. The van der Waals surface area contributed by atoms with Crippen LogP contribution in [0.15, 0.2) is 0 Å². The van der Waals surface area contributed by atoms with E-state index in [9.17, 15) is 0 Å². The normalized spacial score (nSPS) is 10.0. The second-order valence-electron chi connectivity index (χ2n) is 0.746. The zero-order valence-corrected chi connectivity index (χ0v) is 4.66. The summed E-state index contributed by atoms with van der Waals surface area (Å²) < 4.78 is 8.03. The first-order valence-corrected chi connectivity index (χ1v) is 1.97. The highest BCUT2D eigenvalue weighted by molar-refractivity contribution is 6.08. The predicted molar refractivity (Wildman–Crippen MR) is 23.3 cm³/mol. The highest BCUT2D eigenvalue weighted by Crippen LogP contribution is 1.96. The molecule has 0 aromatic heterocycles. The standard InChI is InChI=1S/C2H4Cl2O2/c1-2(5-3)6-4/h2H,1H3. The Bertz CT molecular complexity index is 28.7. The fourth-order valence-electron chi connectivity index (χ4n) is 0.0137. The van der Waals surface area contributed by atoms with E-state index in [1.807, 2.05) is 0 Å². The Labute approximate surface area is 46.3 Å². The van der Waals surface area contributed by atoms with Crippen LogP contribution >= 0.6 is 23.7 Å². The van der Waals surface area contributed by atoms with Crippen LogP contribution in [-0.4, -0.2) is 6.29 Å². The maximum Gasteiger partial charge on any atom is 0.194 e. The average molecular weight is 131 g/mol. The molecular weight excluding hydrogens is 127 g/mol. The summed E-state index contributed by atoms with van der Waals surface area (Å²) in [5.41, 5.74) is 0. The van der Waals surface area contributed by atoms with E-state index in [-0.39, 0.29) is 0 Å². The van der Waals surface area contributed by atoms with Crippen molar-refractivity contribution in [2.24, 2.45) is 0 Å². The van der Waals surface area contributed by atoms with Crippen LogP contribution in [0.1, 0.15) is 6.92 Å². The molecule has 2 nitrogen and oxygen atoms in total. The number of rotatable bonds is 2. The number of hydrogen-bond acceptors (Lipinski definition) is 2. The van der Waals surface area contributed by atoms with Crippen LogP contribution in [0.5, 0.6) is 0 Å². The molecule has 38 valence electrons. The minimum atomic E-state index is -0.534. The Kier molecular flexibility index (Phi) is 3.99. The topological polar surface area (TPSA) is 18.5 Å². The van der Waals surface area contributed by atoms with Crippen molar-refractivity contribution >= 4 is 23.7 Å². The van der Waals surface area contributed by atoms with Gasteiger partial charge in [-0.15, -0.1) is 0 Å². The van der Waals surface area contributed by atoms with E-state index in [4.69, 9.17) is 23.7 Å². The van der Waals surface area contributed by atoms with Gasteiger partial charge in [-0.05, 0) is 6.92 Å². The van der Waals surface area contributed by atoms with Crippen molar-refractivity contribution in [2.45, 2.75) is 13.2 Å². The van der Waals surface area contributed by atoms with Crippen LogP contribution in [0.25, 0.3) is 0 Å². The van der Waals surface area contributed by atoms with Gasteiger partial charge in [-0.2, -0.15) is 0 Å².